The van der Waals surface area contributed by atoms with Gasteiger partial charge in [-0.25, -0.2) is 13.4 Å². The molecule has 6 nitrogen and oxygen atoms in total. The van der Waals surface area contributed by atoms with Crippen LogP contribution in [0.3, 0.4) is 0 Å². The van der Waals surface area contributed by atoms with Gasteiger partial charge in [-0.2, -0.15) is 0 Å². The van der Waals surface area contributed by atoms with Crippen LogP contribution in [0.5, 0.6) is 5.88 Å². The number of methoxy groups -OCH3 is 1. The smallest absolute Gasteiger partial charge is 0.481 e. The number of rotatable bonds is 5. The number of pyridine rings is 1. The molecule has 8 heteroatoms. The van der Waals surface area contributed by atoms with E-state index in [0.717, 1.165) is 12.8 Å². The van der Waals surface area contributed by atoms with Crippen molar-refractivity contribution in [1.82, 2.24) is 4.98 Å². The zero-order valence-electron chi connectivity index (χ0n) is 14.8. The molecule has 1 saturated carbocycles. The average Bonchev–Trinajstić information content (AvgIpc) is 3.27. The monoisotopic (exact) mass is 353 g/mol. The maximum atomic E-state index is 12.3. The molecule has 1 saturated heterocycles. The van der Waals surface area contributed by atoms with E-state index in [4.69, 9.17) is 14.0 Å². The van der Waals surface area contributed by atoms with Gasteiger partial charge in [-0.1, -0.05) is 6.07 Å². The molecule has 3 rings (SSSR count). The minimum absolute atomic E-state index is 0.0683. The van der Waals surface area contributed by atoms with Gasteiger partial charge >= 0.3 is 7.12 Å². The Kier molecular flexibility index (Phi) is 4.21. The summed E-state index contributed by atoms with van der Waals surface area (Å²) in [6.45, 7) is 7.90. The van der Waals surface area contributed by atoms with Crippen molar-refractivity contribution in [2.45, 2.75) is 62.7 Å². The van der Waals surface area contributed by atoms with Gasteiger partial charge in [0.05, 0.1) is 29.3 Å². The summed E-state index contributed by atoms with van der Waals surface area (Å²) in [5.74, 6) is 0.265. The van der Waals surface area contributed by atoms with E-state index in [-0.39, 0.29) is 11.0 Å². The molecule has 0 atom stereocenters. The molecule has 0 amide bonds. The molecule has 1 aromatic rings. The topological polar surface area (TPSA) is 74.7 Å². The largest absolute Gasteiger partial charge is 0.496 e. The molecule has 132 valence electrons. The second-order valence-corrected chi connectivity index (χ2v) is 9.81. The lowest BCUT2D eigenvalue weighted by Crippen LogP contribution is -2.41. The molecule has 0 spiro atoms. The SMILES string of the molecule is COc1ncc(B2OC(C)(C)C(C)(C)O2)cc1CS(=O)(=O)C1CC1. The van der Waals surface area contributed by atoms with Crippen LogP contribution in [0.2, 0.25) is 0 Å². The lowest BCUT2D eigenvalue weighted by molar-refractivity contribution is 0.00578. The third kappa shape index (κ3) is 3.19. The average molecular weight is 353 g/mol. The third-order valence-corrected chi connectivity index (χ3v) is 7.25. The summed E-state index contributed by atoms with van der Waals surface area (Å²) in [4.78, 5) is 4.25. The van der Waals surface area contributed by atoms with E-state index in [1.807, 2.05) is 27.7 Å². The highest BCUT2D eigenvalue weighted by Crippen LogP contribution is 2.37. The maximum absolute atomic E-state index is 12.3. The highest BCUT2D eigenvalue weighted by Gasteiger charge is 2.52. The molecule has 0 radical (unpaired) electrons. The van der Waals surface area contributed by atoms with E-state index in [1.165, 1.54) is 7.11 Å². The minimum Gasteiger partial charge on any atom is -0.481 e. The summed E-state index contributed by atoms with van der Waals surface area (Å²) >= 11 is 0. The van der Waals surface area contributed by atoms with Crippen molar-refractivity contribution in [3.05, 3.63) is 17.8 Å². The zero-order chi connectivity index (χ0) is 17.8. The van der Waals surface area contributed by atoms with E-state index in [1.54, 1.807) is 12.3 Å². The normalized spacial score (nSPS) is 22.6. The van der Waals surface area contributed by atoms with Gasteiger partial charge in [-0.05, 0) is 40.5 Å². The van der Waals surface area contributed by atoms with Crippen molar-refractivity contribution in [2.75, 3.05) is 7.11 Å². The number of aromatic nitrogens is 1. The Morgan fingerprint density at radius 1 is 1.25 bits per heavy atom. The van der Waals surface area contributed by atoms with Crippen LogP contribution < -0.4 is 10.2 Å². The molecule has 24 heavy (non-hydrogen) atoms. The van der Waals surface area contributed by atoms with E-state index in [9.17, 15) is 8.42 Å². The van der Waals surface area contributed by atoms with E-state index >= 15 is 0 Å². The Balaban J connectivity index is 1.90. The molecule has 1 aromatic heterocycles. The molecule has 0 bridgehead atoms. The van der Waals surface area contributed by atoms with Gasteiger partial charge in [0.2, 0.25) is 5.88 Å². The molecule has 2 aliphatic rings. The van der Waals surface area contributed by atoms with Crippen molar-refractivity contribution in [2.24, 2.45) is 0 Å². The van der Waals surface area contributed by atoms with Crippen LogP contribution in [0.25, 0.3) is 0 Å². The van der Waals surface area contributed by atoms with Crippen LogP contribution in [0.15, 0.2) is 12.3 Å². The van der Waals surface area contributed by atoms with Crippen LogP contribution in [0.4, 0.5) is 0 Å². The number of nitrogens with zero attached hydrogens (tertiary/aromatic N) is 1. The molecule has 2 fully saturated rings. The number of sulfone groups is 1. The van der Waals surface area contributed by atoms with E-state index < -0.39 is 28.2 Å². The Hall–Kier alpha value is -1.12. The van der Waals surface area contributed by atoms with Gasteiger partial charge in [0.1, 0.15) is 0 Å². The Morgan fingerprint density at radius 2 is 1.83 bits per heavy atom. The van der Waals surface area contributed by atoms with Gasteiger partial charge in [0.15, 0.2) is 9.84 Å². The fraction of sp³-hybridized carbons (Fsp3) is 0.688. The predicted octanol–water partition coefficient (Wildman–Crippen LogP) is 1.47. The Morgan fingerprint density at radius 3 is 2.33 bits per heavy atom. The standard InChI is InChI=1S/C16H24BNO5S/c1-15(2)16(3,4)23-17(22-15)12-8-11(14(21-5)18-9-12)10-24(19,20)13-6-7-13/h8-9,13H,6-7,10H2,1-5H3. The first-order chi connectivity index (χ1) is 11.1. The summed E-state index contributed by atoms with van der Waals surface area (Å²) in [6.07, 6.45) is 3.11. The summed E-state index contributed by atoms with van der Waals surface area (Å²) in [7, 11) is -2.24. The first-order valence-corrected chi connectivity index (χ1v) is 9.87. The molecule has 0 unspecified atom stereocenters. The number of hydrogen-bond donors (Lipinski definition) is 0. The van der Waals surface area contributed by atoms with Crippen molar-refractivity contribution >= 4 is 22.4 Å². The number of hydrogen-bond acceptors (Lipinski definition) is 6. The van der Waals surface area contributed by atoms with Gasteiger partial charge in [-0.3, -0.25) is 0 Å². The Labute approximate surface area is 144 Å². The van der Waals surface area contributed by atoms with Crippen LogP contribution in [0.1, 0.15) is 46.1 Å². The van der Waals surface area contributed by atoms with Crippen molar-refractivity contribution in [3.8, 4) is 5.88 Å². The predicted molar refractivity (Wildman–Crippen MR) is 92.2 cm³/mol. The summed E-state index contributed by atoms with van der Waals surface area (Å²) in [5.41, 5.74) is 0.336. The van der Waals surface area contributed by atoms with Crippen molar-refractivity contribution in [3.63, 3.8) is 0 Å². The second kappa shape index (κ2) is 5.71. The lowest BCUT2D eigenvalue weighted by atomic mass is 9.80. The first-order valence-electron chi connectivity index (χ1n) is 8.16. The third-order valence-electron chi connectivity index (χ3n) is 5.05. The van der Waals surface area contributed by atoms with Crippen molar-refractivity contribution in [1.29, 1.82) is 0 Å². The fourth-order valence-corrected chi connectivity index (χ4v) is 4.40. The molecule has 2 heterocycles. The molecule has 0 aromatic carbocycles. The molecular weight excluding hydrogens is 329 g/mol. The zero-order valence-corrected chi connectivity index (χ0v) is 15.6. The molecule has 1 aliphatic carbocycles. The van der Waals surface area contributed by atoms with Gasteiger partial charge in [-0.15, -0.1) is 0 Å². The van der Waals surface area contributed by atoms with E-state index in [0.29, 0.717) is 16.9 Å². The fourth-order valence-electron chi connectivity index (χ4n) is 2.67. The van der Waals surface area contributed by atoms with Gasteiger partial charge < -0.3 is 14.0 Å². The van der Waals surface area contributed by atoms with Crippen LogP contribution in [-0.2, 0) is 24.9 Å². The second-order valence-electron chi connectivity index (χ2n) is 7.53. The minimum atomic E-state index is -3.16. The van der Waals surface area contributed by atoms with Gasteiger partial charge in [0.25, 0.3) is 0 Å². The molecule has 1 aliphatic heterocycles. The van der Waals surface area contributed by atoms with Crippen LogP contribution in [-0.4, -0.2) is 44.1 Å². The van der Waals surface area contributed by atoms with E-state index in [2.05, 4.69) is 4.98 Å². The summed E-state index contributed by atoms with van der Waals surface area (Å²) < 4.78 is 41.9. The van der Waals surface area contributed by atoms with Gasteiger partial charge in [0, 0.05) is 17.2 Å². The maximum Gasteiger partial charge on any atom is 0.496 e. The molecular formula is C16H24BNO5S. The first kappa shape index (κ1) is 17.7. The molecule has 0 N–H and O–H groups in total. The highest BCUT2D eigenvalue weighted by molar-refractivity contribution is 7.91. The van der Waals surface area contributed by atoms with Crippen LogP contribution in [0, 0.1) is 0 Å². The lowest BCUT2D eigenvalue weighted by Gasteiger charge is -2.32. The summed E-state index contributed by atoms with van der Waals surface area (Å²) in [6, 6.07) is 1.77. The quantitative estimate of drug-likeness (QED) is 0.747. The Bertz CT molecular complexity index is 727. The van der Waals surface area contributed by atoms with Crippen molar-refractivity contribution < 1.29 is 22.5 Å². The summed E-state index contributed by atoms with van der Waals surface area (Å²) in [5, 5.41) is -0.220. The number of ether oxygens (including phenoxy) is 1. The highest BCUT2D eigenvalue weighted by atomic mass is 32.2. The van der Waals surface area contributed by atoms with Crippen LogP contribution >= 0.6 is 0 Å².